The van der Waals surface area contributed by atoms with Gasteiger partial charge in [-0.05, 0) is 42.7 Å². The molecule has 4 nitrogen and oxygen atoms in total. The van der Waals surface area contributed by atoms with Crippen molar-refractivity contribution in [2.75, 3.05) is 6.54 Å². The lowest BCUT2D eigenvalue weighted by Crippen LogP contribution is -2.47. The van der Waals surface area contributed by atoms with Gasteiger partial charge in [-0.15, -0.1) is 0 Å². The lowest BCUT2D eigenvalue weighted by Gasteiger charge is -2.30. The van der Waals surface area contributed by atoms with E-state index in [9.17, 15) is 14.0 Å². The summed E-state index contributed by atoms with van der Waals surface area (Å²) in [6, 6.07) is 25.2. The van der Waals surface area contributed by atoms with Gasteiger partial charge in [-0.1, -0.05) is 72.8 Å². The summed E-state index contributed by atoms with van der Waals surface area (Å²) in [4.78, 5) is 27.8. The zero-order valence-electron chi connectivity index (χ0n) is 18.5. The summed E-state index contributed by atoms with van der Waals surface area (Å²) in [6.45, 7) is 4.29. The molecule has 3 aromatic rings. The smallest absolute Gasteiger partial charge is 0.242 e. The summed E-state index contributed by atoms with van der Waals surface area (Å²) >= 11 is 0. The van der Waals surface area contributed by atoms with Gasteiger partial charge < -0.3 is 10.2 Å². The van der Waals surface area contributed by atoms with Crippen LogP contribution in [-0.4, -0.2) is 29.3 Å². The van der Waals surface area contributed by atoms with E-state index in [0.717, 1.165) is 16.7 Å². The lowest BCUT2D eigenvalue weighted by atomic mass is 9.88. The molecule has 0 unspecified atom stereocenters. The molecule has 0 radical (unpaired) electrons. The van der Waals surface area contributed by atoms with Crippen molar-refractivity contribution in [2.24, 2.45) is 0 Å². The first kappa shape index (κ1) is 23.2. The number of amides is 2. The average molecular weight is 433 g/mol. The minimum atomic E-state index is -0.653. The van der Waals surface area contributed by atoms with E-state index < -0.39 is 6.04 Å². The number of nitrogens with zero attached hydrogens (tertiary/aromatic N) is 1. The summed E-state index contributed by atoms with van der Waals surface area (Å²) in [5, 5.41) is 2.80. The van der Waals surface area contributed by atoms with Crippen molar-refractivity contribution in [1.82, 2.24) is 10.2 Å². The predicted octanol–water partition coefficient (Wildman–Crippen LogP) is 4.90. The van der Waals surface area contributed by atoms with Crippen molar-refractivity contribution in [3.05, 3.63) is 107 Å². The molecule has 0 bridgehead atoms. The van der Waals surface area contributed by atoms with Gasteiger partial charge in [-0.25, -0.2) is 4.39 Å². The number of hydrogen-bond acceptors (Lipinski definition) is 2. The van der Waals surface area contributed by atoms with Crippen LogP contribution in [0.2, 0.25) is 0 Å². The van der Waals surface area contributed by atoms with Crippen LogP contribution in [0.4, 0.5) is 4.39 Å². The van der Waals surface area contributed by atoms with Crippen molar-refractivity contribution in [1.29, 1.82) is 0 Å². The second kappa shape index (κ2) is 11.2. The average Bonchev–Trinajstić information content (AvgIpc) is 2.83. The highest BCUT2D eigenvalue weighted by molar-refractivity contribution is 5.87. The normalized spacial score (nSPS) is 11.8. The van der Waals surface area contributed by atoms with E-state index in [-0.39, 0.29) is 36.5 Å². The van der Waals surface area contributed by atoms with Crippen molar-refractivity contribution in [2.45, 2.75) is 38.8 Å². The Morgan fingerprint density at radius 1 is 0.875 bits per heavy atom. The molecule has 166 valence electrons. The number of carbonyl (C=O) groups excluding carboxylic acids is 2. The monoisotopic (exact) mass is 432 g/mol. The third kappa shape index (κ3) is 6.03. The van der Waals surface area contributed by atoms with Gasteiger partial charge in [-0.2, -0.15) is 0 Å². The minimum Gasteiger partial charge on any atom is -0.355 e. The molecule has 5 heteroatoms. The largest absolute Gasteiger partial charge is 0.355 e. The van der Waals surface area contributed by atoms with E-state index in [2.05, 4.69) is 5.32 Å². The number of hydrogen-bond donors (Lipinski definition) is 1. The Morgan fingerprint density at radius 3 is 1.91 bits per heavy atom. The van der Waals surface area contributed by atoms with Crippen LogP contribution in [-0.2, 0) is 16.1 Å². The molecular weight excluding hydrogens is 403 g/mol. The predicted molar refractivity (Wildman–Crippen MR) is 124 cm³/mol. The molecule has 1 atom stereocenters. The molecule has 0 fully saturated rings. The molecule has 1 N–H and O–H groups in total. The zero-order chi connectivity index (χ0) is 22.9. The molecule has 0 aromatic heterocycles. The van der Waals surface area contributed by atoms with E-state index in [1.54, 1.807) is 24.0 Å². The molecule has 0 aliphatic rings. The third-order valence-electron chi connectivity index (χ3n) is 5.57. The van der Waals surface area contributed by atoms with Crippen molar-refractivity contribution in [3.8, 4) is 0 Å². The van der Waals surface area contributed by atoms with Crippen molar-refractivity contribution >= 4 is 11.8 Å². The quantitative estimate of drug-likeness (QED) is 0.523. The molecule has 32 heavy (non-hydrogen) atoms. The number of nitrogens with one attached hydrogen (secondary N) is 1. The molecule has 0 aliphatic heterocycles. The Labute approximate surface area is 189 Å². The van der Waals surface area contributed by atoms with Gasteiger partial charge in [-0.3, -0.25) is 9.59 Å². The first-order chi connectivity index (χ1) is 15.5. The van der Waals surface area contributed by atoms with Crippen LogP contribution in [0.1, 0.15) is 42.9 Å². The summed E-state index contributed by atoms with van der Waals surface area (Å²) in [5.74, 6) is -0.816. The van der Waals surface area contributed by atoms with E-state index in [1.807, 2.05) is 67.6 Å². The van der Waals surface area contributed by atoms with Gasteiger partial charge in [0.05, 0.1) is 0 Å². The molecule has 0 spiro atoms. The van der Waals surface area contributed by atoms with Crippen LogP contribution in [0.5, 0.6) is 0 Å². The molecule has 0 aliphatic carbocycles. The number of rotatable bonds is 9. The molecule has 0 heterocycles. The Balaban J connectivity index is 1.90. The highest BCUT2D eigenvalue weighted by Gasteiger charge is 2.28. The topological polar surface area (TPSA) is 49.4 Å². The second-order valence-corrected chi connectivity index (χ2v) is 7.80. The molecular formula is C27H29FN2O2. The molecule has 2 amide bonds. The van der Waals surface area contributed by atoms with Crippen LogP contribution >= 0.6 is 0 Å². The SMILES string of the molecule is CCNC(=O)[C@H](C)N(Cc1ccc(F)cc1)C(=O)CC(c1ccccc1)c1ccccc1. The Morgan fingerprint density at radius 2 is 1.41 bits per heavy atom. The standard InChI is InChI=1S/C27H29FN2O2/c1-3-29-27(32)20(2)30(19-21-14-16-24(28)17-15-21)26(31)18-25(22-10-6-4-7-11-22)23-12-8-5-9-13-23/h4-17,20,25H,3,18-19H2,1-2H3,(H,29,32)/t20-/m0/s1. The van der Waals surface area contributed by atoms with Gasteiger partial charge in [0.15, 0.2) is 0 Å². The van der Waals surface area contributed by atoms with E-state index in [0.29, 0.717) is 6.54 Å². The molecule has 3 aromatic carbocycles. The highest BCUT2D eigenvalue weighted by atomic mass is 19.1. The number of benzene rings is 3. The third-order valence-corrected chi connectivity index (χ3v) is 5.57. The Bertz CT molecular complexity index is 967. The minimum absolute atomic E-state index is 0.134. The first-order valence-corrected chi connectivity index (χ1v) is 10.9. The van der Waals surface area contributed by atoms with Crippen LogP contribution in [0, 0.1) is 5.82 Å². The second-order valence-electron chi connectivity index (χ2n) is 7.80. The fraction of sp³-hybridized carbons (Fsp3) is 0.259. The maximum atomic E-state index is 13.6. The first-order valence-electron chi connectivity index (χ1n) is 10.9. The summed E-state index contributed by atoms with van der Waals surface area (Å²) in [7, 11) is 0. The van der Waals surface area contributed by atoms with Crippen molar-refractivity contribution < 1.29 is 14.0 Å². The van der Waals surface area contributed by atoms with Gasteiger partial charge in [0.2, 0.25) is 11.8 Å². The van der Waals surface area contributed by atoms with Crippen LogP contribution in [0.3, 0.4) is 0 Å². The maximum Gasteiger partial charge on any atom is 0.242 e. The maximum absolute atomic E-state index is 13.6. The van der Waals surface area contributed by atoms with E-state index in [1.165, 1.54) is 12.1 Å². The Kier molecular flexibility index (Phi) is 8.14. The Hall–Kier alpha value is -3.47. The van der Waals surface area contributed by atoms with E-state index in [4.69, 9.17) is 0 Å². The summed E-state index contributed by atoms with van der Waals surface area (Å²) < 4.78 is 13.4. The summed E-state index contributed by atoms with van der Waals surface area (Å²) in [6.07, 6.45) is 0.221. The van der Waals surface area contributed by atoms with Crippen LogP contribution < -0.4 is 5.32 Å². The summed E-state index contributed by atoms with van der Waals surface area (Å²) in [5.41, 5.74) is 2.85. The zero-order valence-corrected chi connectivity index (χ0v) is 18.5. The van der Waals surface area contributed by atoms with Crippen molar-refractivity contribution in [3.63, 3.8) is 0 Å². The highest BCUT2D eigenvalue weighted by Crippen LogP contribution is 2.29. The molecule has 3 rings (SSSR count). The molecule has 0 saturated heterocycles. The fourth-order valence-electron chi connectivity index (χ4n) is 3.78. The van der Waals surface area contributed by atoms with Crippen LogP contribution in [0.25, 0.3) is 0 Å². The molecule has 0 saturated carbocycles. The number of likely N-dealkylation sites (N-methyl/N-ethyl adjacent to an activating group) is 1. The number of carbonyl (C=O) groups is 2. The van der Waals surface area contributed by atoms with E-state index >= 15 is 0 Å². The fourth-order valence-corrected chi connectivity index (χ4v) is 3.78. The lowest BCUT2D eigenvalue weighted by molar-refractivity contribution is -0.140. The number of halogens is 1. The van der Waals surface area contributed by atoms with Crippen LogP contribution in [0.15, 0.2) is 84.9 Å². The van der Waals surface area contributed by atoms with Gasteiger partial charge >= 0.3 is 0 Å². The van der Waals surface area contributed by atoms with Gasteiger partial charge in [0, 0.05) is 25.4 Å². The van der Waals surface area contributed by atoms with Gasteiger partial charge in [0.25, 0.3) is 0 Å². The van der Waals surface area contributed by atoms with Gasteiger partial charge in [0.1, 0.15) is 11.9 Å².